The van der Waals surface area contributed by atoms with Gasteiger partial charge in [-0.2, -0.15) is 0 Å². The van der Waals surface area contributed by atoms with E-state index in [9.17, 15) is 4.79 Å². The summed E-state index contributed by atoms with van der Waals surface area (Å²) in [4.78, 5) is 24.5. The molecule has 0 saturated heterocycles. The van der Waals surface area contributed by atoms with Crippen molar-refractivity contribution in [2.45, 2.75) is 24.7 Å². The van der Waals surface area contributed by atoms with Gasteiger partial charge in [-0.25, -0.2) is 0 Å². The van der Waals surface area contributed by atoms with Gasteiger partial charge in [0, 0.05) is 37.0 Å². The molecule has 4 heteroatoms. The molecular weight excluding hydrogens is 394 g/mol. The standard InChI is InChI=1S/C28H25N3O/c32-27-28(20-23-10-15-29-16-11-23,21-24-12-17-30-18-13-24)25-8-4-5-9-26(25)31(27)19-14-22-6-2-1-3-7-22/h1-13,15-18H,14,19-21H2. The number of rotatable bonds is 7. The van der Waals surface area contributed by atoms with Crippen molar-refractivity contribution < 1.29 is 4.79 Å². The third-order valence-corrected chi connectivity index (χ3v) is 6.34. The minimum absolute atomic E-state index is 0.170. The lowest BCUT2D eigenvalue weighted by Crippen LogP contribution is -2.44. The van der Waals surface area contributed by atoms with E-state index < -0.39 is 5.41 Å². The zero-order chi connectivity index (χ0) is 21.8. The summed E-state index contributed by atoms with van der Waals surface area (Å²) in [5, 5.41) is 0. The number of carbonyl (C=O) groups excluding carboxylic acids is 1. The number of carbonyl (C=O) groups is 1. The fourth-order valence-corrected chi connectivity index (χ4v) is 4.81. The summed E-state index contributed by atoms with van der Waals surface area (Å²) in [6.45, 7) is 0.661. The van der Waals surface area contributed by atoms with Gasteiger partial charge in [0.2, 0.25) is 5.91 Å². The molecule has 0 N–H and O–H groups in total. The van der Waals surface area contributed by atoms with Gasteiger partial charge in [-0.05, 0) is 71.8 Å². The molecule has 0 radical (unpaired) electrons. The number of benzene rings is 2. The van der Waals surface area contributed by atoms with Crippen LogP contribution in [-0.2, 0) is 29.5 Å². The van der Waals surface area contributed by atoms with Crippen LogP contribution in [0.5, 0.6) is 0 Å². The van der Waals surface area contributed by atoms with Gasteiger partial charge >= 0.3 is 0 Å². The number of amides is 1. The molecule has 1 amide bonds. The van der Waals surface area contributed by atoms with Crippen LogP contribution in [0.15, 0.2) is 104 Å². The number of hydrogen-bond acceptors (Lipinski definition) is 3. The Morgan fingerprint density at radius 3 is 1.84 bits per heavy atom. The van der Waals surface area contributed by atoms with E-state index in [2.05, 4.69) is 34.2 Å². The summed E-state index contributed by atoms with van der Waals surface area (Å²) in [5.74, 6) is 0.170. The van der Waals surface area contributed by atoms with Crippen LogP contribution in [0.25, 0.3) is 0 Å². The molecule has 32 heavy (non-hydrogen) atoms. The molecule has 0 atom stereocenters. The maximum absolute atomic E-state index is 14.2. The first-order valence-corrected chi connectivity index (χ1v) is 11.0. The largest absolute Gasteiger partial charge is 0.311 e. The van der Waals surface area contributed by atoms with Gasteiger partial charge in [-0.1, -0.05) is 48.5 Å². The molecule has 3 heterocycles. The Morgan fingerprint density at radius 1 is 0.656 bits per heavy atom. The molecule has 1 aliphatic rings. The van der Waals surface area contributed by atoms with Crippen LogP contribution in [0, 0.1) is 0 Å². The van der Waals surface area contributed by atoms with Crippen LogP contribution in [0.3, 0.4) is 0 Å². The van der Waals surface area contributed by atoms with Crippen molar-refractivity contribution in [1.82, 2.24) is 9.97 Å². The summed E-state index contributed by atoms with van der Waals surface area (Å²) in [5.41, 5.74) is 4.93. The first kappa shape index (κ1) is 20.1. The average Bonchev–Trinajstić information content (AvgIpc) is 3.07. The van der Waals surface area contributed by atoms with Crippen molar-refractivity contribution in [2.75, 3.05) is 11.4 Å². The normalized spacial score (nSPS) is 14.4. The highest BCUT2D eigenvalue weighted by molar-refractivity contribution is 6.08. The van der Waals surface area contributed by atoms with Crippen molar-refractivity contribution >= 4 is 11.6 Å². The first-order chi connectivity index (χ1) is 15.8. The quantitative estimate of drug-likeness (QED) is 0.433. The molecule has 0 unspecified atom stereocenters. The van der Waals surface area contributed by atoms with E-state index in [-0.39, 0.29) is 5.91 Å². The first-order valence-electron chi connectivity index (χ1n) is 11.0. The van der Waals surface area contributed by atoms with E-state index in [1.165, 1.54) is 5.56 Å². The molecule has 5 rings (SSSR count). The molecule has 0 bridgehead atoms. The van der Waals surface area contributed by atoms with Gasteiger partial charge in [-0.15, -0.1) is 0 Å². The van der Waals surface area contributed by atoms with Crippen molar-refractivity contribution in [2.24, 2.45) is 0 Å². The van der Waals surface area contributed by atoms with Crippen LogP contribution in [0.4, 0.5) is 5.69 Å². The number of nitrogens with zero attached hydrogens (tertiary/aromatic N) is 3. The number of pyridine rings is 2. The molecular formula is C28H25N3O. The van der Waals surface area contributed by atoms with Crippen LogP contribution in [0.1, 0.15) is 22.3 Å². The molecule has 0 aliphatic carbocycles. The van der Waals surface area contributed by atoms with Gasteiger partial charge < -0.3 is 4.90 Å². The Kier molecular flexibility index (Phi) is 5.51. The van der Waals surface area contributed by atoms with E-state index in [1.54, 1.807) is 24.8 Å². The average molecular weight is 420 g/mol. The molecule has 1 aliphatic heterocycles. The number of anilines is 1. The molecule has 4 aromatic rings. The fraction of sp³-hybridized carbons (Fsp3) is 0.179. The monoisotopic (exact) mass is 419 g/mol. The van der Waals surface area contributed by atoms with Crippen molar-refractivity contribution in [3.05, 3.63) is 126 Å². The van der Waals surface area contributed by atoms with Crippen LogP contribution >= 0.6 is 0 Å². The second-order valence-corrected chi connectivity index (χ2v) is 8.36. The second-order valence-electron chi connectivity index (χ2n) is 8.36. The highest BCUT2D eigenvalue weighted by Crippen LogP contribution is 2.46. The predicted molar refractivity (Wildman–Crippen MR) is 127 cm³/mol. The van der Waals surface area contributed by atoms with Gasteiger partial charge in [0.15, 0.2) is 0 Å². The van der Waals surface area contributed by atoms with E-state index in [1.807, 2.05) is 59.5 Å². The highest BCUT2D eigenvalue weighted by atomic mass is 16.2. The fourth-order valence-electron chi connectivity index (χ4n) is 4.81. The Hall–Kier alpha value is -3.79. The van der Waals surface area contributed by atoms with Gasteiger partial charge in [-0.3, -0.25) is 14.8 Å². The Bertz CT molecular complexity index is 1150. The number of hydrogen-bond donors (Lipinski definition) is 0. The third-order valence-electron chi connectivity index (χ3n) is 6.34. The second kappa shape index (κ2) is 8.75. The van der Waals surface area contributed by atoms with Crippen molar-refractivity contribution in [3.63, 3.8) is 0 Å². The molecule has 0 saturated carbocycles. The smallest absolute Gasteiger partial charge is 0.238 e. The predicted octanol–water partition coefficient (Wildman–Crippen LogP) is 4.79. The molecule has 2 aromatic carbocycles. The van der Waals surface area contributed by atoms with E-state index in [0.29, 0.717) is 19.4 Å². The van der Waals surface area contributed by atoms with E-state index >= 15 is 0 Å². The zero-order valence-electron chi connectivity index (χ0n) is 17.9. The van der Waals surface area contributed by atoms with Crippen molar-refractivity contribution in [3.8, 4) is 0 Å². The summed E-state index contributed by atoms with van der Waals surface area (Å²) in [6.07, 6.45) is 9.29. The molecule has 0 spiro atoms. The number of para-hydroxylation sites is 1. The van der Waals surface area contributed by atoms with Crippen molar-refractivity contribution in [1.29, 1.82) is 0 Å². The maximum atomic E-state index is 14.2. The highest BCUT2D eigenvalue weighted by Gasteiger charge is 2.50. The topological polar surface area (TPSA) is 46.1 Å². The molecule has 158 valence electrons. The number of fused-ring (bicyclic) bond motifs is 1. The SMILES string of the molecule is O=C1N(CCc2ccccc2)c2ccccc2C1(Cc1ccncc1)Cc1ccncc1. The Labute approximate surface area is 188 Å². The van der Waals surface area contributed by atoms with E-state index in [4.69, 9.17) is 0 Å². The third kappa shape index (κ3) is 3.80. The van der Waals surface area contributed by atoms with Crippen LogP contribution in [-0.4, -0.2) is 22.4 Å². The van der Waals surface area contributed by atoms with Crippen LogP contribution < -0.4 is 4.90 Å². The number of aromatic nitrogens is 2. The van der Waals surface area contributed by atoms with Gasteiger partial charge in [0.1, 0.15) is 0 Å². The lowest BCUT2D eigenvalue weighted by atomic mass is 9.72. The van der Waals surface area contributed by atoms with Gasteiger partial charge in [0.05, 0.1) is 5.41 Å². The maximum Gasteiger partial charge on any atom is 0.238 e. The minimum Gasteiger partial charge on any atom is -0.311 e. The lowest BCUT2D eigenvalue weighted by molar-refractivity contribution is -0.123. The Balaban J connectivity index is 1.56. The minimum atomic E-state index is -0.657. The summed E-state index contributed by atoms with van der Waals surface area (Å²) < 4.78 is 0. The summed E-state index contributed by atoms with van der Waals surface area (Å²) in [7, 11) is 0. The van der Waals surface area contributed by atoms with Gasteiger partial charge in [0.25, 0.3) is 0 Å². The molecule has 0 fully saturated rings. The Morgan fingerprint density at radius 2 is 1.22 bits per heavy atom. The lowest BCUT2D eigenvalue weighted by Gasteiger charge is -2.29. The molecule has 2 aromatic heterocycles. The zero-order valence-corrected chi connectivity index (χ0v) is 17.9. The summed E-state index contributed by atoms with van der Waals surface area (Å²) >= 11 is 0. The van der Waals surface area contributed by atoms with Crippen LogP contribution in [0.2, 0.25) is 0 Å². The summed E-state index contributed by atoms with van der Waals surface area (Å²) in [6, 6.07) is 26.7. The van der Waals surface area contributed by atoms with E-state index in [0.717, 1.165) is 28.8 Å². The molecule has 4 nitrogen and oxygen atoms in total.